The van der Waals surface area contributed by atoms with Crippen LogP contribution in [0.25, 0.3) is 0 Å². The van der Waals surface area contributed by atoms with Crippen molar-refractivity contribution in [3.05, 3.63) is 47.8 Å². The maximum Gasteiger partial charge on any atom is 0.194 e. The average Bonchev–Trinajstić information content (AvgIpc) is 2.25. The molecule has 0 atom stereocenters. The summed E-state index contributed by atoms with van der Waals surface area (Å²) in [6, 6.07) is 1.43. The van der Waals surface area contributed by atoms with Gasteiger partial charge in [0.25, 0.3) is 0 Å². The van der Waals surface area contributed by atoms with Gasteiger partial charge in [0.15, 0.2) is 23.2 Å². The highest BCUT2D eigenvalue weighted by Crippen LogP contribution is 2.15. The second-order valence-electron chi connectivity index (χ2n) is 3.36. The largest absolute Gasteiger partial charge is 0.294 e. The standard InChI is InChI=1S/C12H11F3O/c1-2-3-4-5-11(16)8-6-9(13)12(15)10(14)7-8/h2,6-7H,1,3-5H2. The molecular formula is C12H11F3O. The highest BCUT2D eigenvalue weighted by molar-refractivity contribution is 5.96. The van der Waals surface area contributed by atoms with Gasteiger partial charge in [0.2, 0.25) is 0 Å². The summed E-state index contributed by atoms with van der Waals surface area (Å²) in [5.41, 5.74) is -0.138. The predicted octanol–water partition coefficient (Wildman–Crippen LogP) is 3.64. The summed E-state index contributed by atoms with van der Waals surface area (Å²) in [6.07, 6.45) is 3.02. The highest BCUT2D eigenvalue weighted by atomic mass is 19.2. The molecule has 1 aromatic rings. The van der Waals surface area contributed by atoms with Crippen LogP contribution < -0.4 is 0 Å². The zero-order valence-corrected chi connectivity index (χ0v) is 8.60. The molecular weight excluding hydrogens is 217 g/mol. The molecule has 0 unspecified atom stereocenters. The van der Waals surface area contributed by atoms with Crippen molar-refractivity contribution in [3.63, 3.8) is 0 Å². The Morgan fingerprint density at radius 3 is 2.31 bits per heavy atom. The zero-order chi connectivity index (χ0) is 12.1. The highest BCUT2D eigenvalue weighted by Gasteiger charge is 2.14. The number of unbranched alkanes of at least 4 members (excludes halogenated alkanes) is 1. The van der Waals surface area contributed by atoms with Crippen LogP contribution in [0.4, 0.5) is 13.2 Å². The smallest absolute Gasteiger partial charge is 0.194 e. The molecule has 0 spiro atoms. The van der Waals surface area contributed by atoms with E-state index < -0.39 is 23.2 Å². The molecule has 1 nitrogen and oxygen atoms in total. The topological polar surface area (TPSA) is 17.1 Å². The number of hydrogen-bond donors (Lipinski definition) is 0. The van der Waals surface area contributed by atoms with Crippen molar-refractivity contribution in [1.29, 1.82) is 0 Å². The van der Waals surface area contributed by atoms with E-state index in [1.54, 1.807) is 6.08 Å². The number of rotatable bonds is 5. The average molecular weight is 228 g/mol. The predicted molar refractivity (Wildman–Crippen MR) is 54.7 cm³/mol. The minimum Gasteiger partial charge on any atom is -0.294 e. The van der Waals surface area contributed by atoms with E-state index in [1.807, 2.05) is 0 Å². The molecule has 0 saturated carbocycles. The summed E-state index contributed by atoms with van der Waals surface area (Å²) in [5, 5.41) is 0. The molecule has 0 amide bonds. The Hall–Kier alpha value is -1.58. The summed E-state index contributed by atoms with van der Waals surface area (Å²) in [7, 11) is 0. The normalized spacial score (nSPS) is 10.2. The number of halogens is 3. The first kappa shape index (κ1) is 12.5. The lowest BCUT2D eigenvalue weighted by Crippen LogP contribution is -2.02. The SMILES string of the molecule is C=CCCCC(=O)c1cc(F)c(F)c(F)c1. The van der Waals surface area contributed by atoms with E-state index in [9.17, 15) is 18.0 Å². The van der Waals surface area contributed by atoms with Crippen molar-refractivity contribution in [1.82, 2.24) is 0 Å². The monoisotopic (exact) mass is 228 g/mol. The van der Waals surface area contributed by atoms with Gasteiger partial charge >= 0.3 is 0 Å². The zero-order valence-electron chi connectivity index (χ0n) is 8.60. The minimum absolute atomic E-state index is 0.138. The molecule has 0 radical (unpaired) electrons. The molecule has 0 bridgehead atoms. The van der Waals surface area contributed by atoms with E-state index >= 15 is 0 Å². The molecule has 0 aliphatic carbocycles. The van der Waals surface area contributed by atoms with Gasteiger partial charge in [0.1, 0.15) is 0 Å². The van der Waals surface area contributed by atoms with Crippen LogP contribution >= 0.6 is 0 Å². The van der Waals surface area contributed by atoms with Gasteiger partial charge < -0.3 is 0 Å². The molecule has 0 heterocycles. The van der Waals surface area contributed by atoms with Crippen molar-refractivity contribution in [2.45, 2.75) is 19.3 Å². The molecule has 16 heavy (non-hydrogen) atoms. The van der Waals surface area contributed by atoms with Crippen LogP contribution in [-0.4, -0.2) is 5.78 Å². The summed E-state index contributed by atoms with van der Waals surface area (Å²) in [4.78, 5) is 11.4. The maximum absolute atomic E-state index is 12.8. The second kappa shape index (κ2) is 5.49. The third kappa shape index (κ3) is 2.95. The van der Waals surface area contributed by atoms with Gasteiger partial charge in [0, 0.05) is 12.0 Å². The molecule has 1 aromatic carbocycles. The van der Waals surface area contributed by atoms with Crippen molar-refractivity contribution in [2.75, 3.05) is 0 Å². The van der Waals surface area contributed by atoms with Crippen LogP contribution in [0.5, 0.6) is 0 Å². The van der Waals surface area contributed by atoms with Crippen molar-refractivity contribution in [2.24, 2.45) is 0 Å². The lowest BCUT2D eigenvalue weighted by Gasteiger charge is -2.02. The Morgan fingerprint density at radius 2 is 1.81 bits per heavy atom. The molecule has 0 aromatic heterocycles. The fraction of sp³-hybridized carbons (Fsp3) is 0.250. The Morgan fingerprint density at radius 1 is 1.25 bits per heavy atom. The van der Waals surface area contributed by atoms with Crippen LogP contribution in [0.15, 0.2) is 24.8 Å². The van der Waals surface area contributed by atoms with E-state index in [0.29, 0.717) is 25.0 Å². The van der Waals surface area contributed by atoms with Crippen LogP contribution in [-0.2, 0) is 0 Å². The van der Waals surface area contributed by atoms with Crippen molar-refractivity contribution in [3.8, 4) is 0 Å². The van der Waals surface area contributed by atoms with Gasteiger partial charge in [-0.3, -0.25) is 4.79 Å². The first-order valence-electron chi connectivity index (χ1n) is 4.85. The summed E-state index contributed by atoms with van der Waals surface area (Å²) in [6.45, 7) is 3.49. The van der Waals surface area contributed by atoms with Crippen LogP contribution in [0.2, 0.25) is 0 Å². The first-order valence-corrected chi connectivity index (χ1v) is 4.85. The Balaban J connectivity index is 2.80. The quantitative estimate of drug-likeness (QED) is 0.325. The Bertz CT molecular complexity index is 390. The molecule has 86 valence electrons. The van der Waals surface area contributed by atoms with Gasteiger partial charge in [-0.15, -0.1) is 6.58 Å². The van der Waals surface area contributed by atoms with Crippen molar-refractivity contribution < 1.29 is 18.0 Å². The maximum atomic E-state index is 12.8. The van der Waals surface area contributed by atoms with E-state index in [2.05, 4.69) is 6.58 Å². The first-order chi connectivity index (χ1) is 7.56. The van der Waals surface area contributed by atoms with E-state index in [4.69, 9.17) is 0 Å². The van der Waals surface area contributed by atoms with E-state index in [0.717, 1.165) is 0 Å². The number of hydrogen-bond acceptors (Lipinski definition) is 1. The third-order valence-corrected chi connectivity index (χ3v) is 2.12. The third-order valence-electron chi connectivity index (χ3n) is 2.12. The molecule has 0 fully saturated rings. The summed E-state index contributed by atoms with van der Waals surface area (Å²) in [5.74, 6) is -4.64. The minimum atomic E-state index is -1.55. The van der Waals surface area contributed by atoms with Crippen LogP contribution in [0.1, 0.15) is 29.6 Å². The Labute approximate surface area is 91.6 Å². The van der Waals surface area contributed by atoms with Gasteiger partial charge in [-0.25, -0.2) is 13.2 Å². The van der Waals surface area contributed by atoms with Gasteiger partial charge in [-0.2, -0.15) is 0 Å². The van der Waals surface area contributed by atoms with Crippen LogP contribution in [0, 0.1) is 17.5 Å². The van der Waals surface area contributed by atoms with Crippen LogP contribution in [0.3, 0.4) is 0 Å². The van der Waals surface area contributed by atoms with Gasteiger partial charge in [0.05, 0.1) is 0 Å². The van der Waals surface area contributed by atoms with Gasteiger partial charge in [-0.05, 0) is 25.0 Å². The number of allylic oxidation sites excluding steroid dienone is 1. The van der Waals surface area contributed by atoms with E-state index in [-0.39, 0.29) is 12.0 Å². The summed E-state index contributed by atoms with van der Waals surface area (Å²) >= 11 is 0. The lowest BCUT2D eigenvalue weighted by atomic mass is 10.1. The number of ketones is 1. The lowest BCUT2D eigenvalue weighted by molar-refractivity contribution is 0.0979. The molecule has 1 rings (SSSR count). The van der Waals surface area contributed by atoms with Crippen molar-refractivity contribution >= 4 is 5.78 Å². The number of benzene rings is 1. The molecule has 0 aliphatic rings. The fourth-order valence-electron chi connectivity index (χ4n) is 1.27. The Kier molecular flexibility index (Phi) is 4.28. The number of carbonyl (C=O) groups excluding carboxylic acids is 1. The molecule has 4 heteroatoms. The number of Topliss-reactive ketones (excluding diaryl/α,β-unsaturated/α-hetero) is 1. The summed E-state index contributed by atoms with van der Waals surface area (Å²) < 4.78 is 38.2. The number of carbonyl (C=O) groups is 1. The second-order valence-corrected chi connectivity index (χ2v) is 3.36. The van der Waals surface area contributed by atoms with E-state index in [1.165, 1.54) is 0 Å². The molecule has 0 N–H and O–H groups in total. The molecule has 0 saturated heterocycles. The van der Waals surface area contributed by atoms with Gasteiger partial charge in [-0.1, -0.05) is 6.08 Å². The molecule has 0 aliphatic heterocycles. The fourth-order valence-corrected chi connectivity index (χ4v) is 1.27.